The van der Waals surface area contributed by atoms with E-state index in [2.05, 4.69) is 15.8 Å². The molecule has 0 aliphatic rings. The average molecular weight is 456 g/mol. The highest BCUT2D eigenvalue weighted by Crippen LogP contribution is 2.29. The minimum absolute atomic E-state index is 0.183. The molecular formula is C25H33N3O5. The van der Waals surface area contributed by atoms with Crippen LogP contribution < -0.4 is 25.0 Å². The molecule has 178 valence electrons. The van der Waals surface area contributed by atoms with Crippen molar-refractivity contribution in [2.75, 3.05) is 20.3 Å². The first kappa shape index (κ1) is 25.7. The molecule has 2 rings (SSSR count). The summed E-state index contributed by atoms with van der Waals surface area (Å²) in [6.45, 7) is 8.00. The predicted octanol–water partition coefficient (Wildman–Crippen LogP) is 3.46. The number of hydrogen-bond acceptors (Lipinski definition) is 6. The zero-order chi connectivity index (χ0) is 24.2. The van der Waals surface area contributed by atoms with Gasteiger partial charge in [-0.05, 0) is 49.9 Å². The molecule has 2 aromatic rings. The lowest BCUT2D eigenvalue weighted by molar-refractivity contribution is -0.130. The van der Waals surface area contributed by atoms with Crippen LogP contribution in [-0.2, 0) is 9.59 Å². The van der Waals surface area contributed by atoms with E-state index >= 15 is 0 Å². The number of methoxy groups -OCH3 is 1. The fourth-order valence-electron chi connectivity index (χ4n) is 3.14. The molecule has 33 heavy (non-hydrogen) atoms. The quantitative estimate of drug-likeness (QED) is 0.377. The number of amides is 2. The van der Waals surface area contributed by atoms with E-state index < -0.39 is 11.9 Å². The number of aryl methyl sites for hydroxylation is 1. The highest BCUT2D eigenvalue weighted by atomic mass is 16.5. The molecule has 2 amide bonds. The van der Waals surface area contributed by atoms with E-state index in [0.29, 0.717) is 35.8 Å². The highest BCUT2D eigenvalue weighted by molar-refractivity contribution is 5.90. The minimum atomic E-state index is -0.744. The molecule has 1 atom stereocenters. The third-order valence-corrected chi connectivity index (χ3v) is 4.71. The molecule has 2 N–H and O–H groups in total. The lowest BCUT2D eigenvalue weighted by Crippen LogP contribution is -2.47. The van der Waals surface area contributed by atoms with Gasteiger partial charge < -0.3 is 19.5 Å². The molecular weight excluding hydrogens is 422 g/mol. The first-order valence-electron chi connectivity index (χ1n) is 11.0. The van der Waals surface area contributed by atoms with Gasteiger partial charge in [0.25, 0.3) is 11.8 Å². The number of para-hydroxylation sites is 2. The fraction of sp³-hybridized carbons (Fsp3) is 0.400. The maximum absolute atomic E-state index is 12.7. The molecule has 0 radical (unpaired) electrons. The summed E-state index contributed by atoms with van der Waals surface area (Å²) in [7, 11) is 1.56. The molecule has 0 aliphatic carbocycles. The summed E-state index contributed by atoms with van der Waals surface area (Å²) < 4.78 is 16.5. The number of carbonyl (C=O) groups excluding carboxylic acids is 2. The van der Waals surface area contributed by atoms with E-state index in [0.717, 1.165) is 5.56 Å². The Balaban J connectivity index is 2.01. The summed E-state index contributed by atoms with van der Waals surface area (Å²) in [4.78, 5) is 25.2. The van der Waals surface area contributed by atoms with Gasteiger partial charge in [-0.2, -0.15) is 5.10 Å². The van der Waals surface area contributed by atoms with Gasteiger partial charge in [-0.1, -0.05) is 38.1 Å². The van der Waals surface area contributed by atoms with Crippen LogP contribution in [0.25, 0.3) is 0 Å². The van der Waals surface area contributed by atoms with Gasteiger partial charge in [-0.15, -0.1) is 0 Å². The molecule has 8 nitrogen and oxygen atoms in total. The van der Waals surface area contributed by atoms with Crippen LogP contribution in [-0.4, -0.2) is 44.4 Å². The number of ether oxygens (including phenoxy) is 3. The summed E-state index contributed by atoms with van der Waals surface area (Å²) in [5.41, 5.74) is 4.10. The minimum Gasteiger partial charge on any atom is -0.493 e. The maximum Gasteiger partial charge on any atom is 0.262 e. The first-order chi connectivity index (χ1) is 15.8. The lowest BCUT2D eigenvalue weighted by Gasteiger charge is -2.19. The maximum atomic E-state index is 12.7. The van der Waals surface area contributed by atoms with Crippen molar-refractivity contribution in [3.8, 4) is 17.2 Å². The second-order valence-electron chi connectivity index (χ2n) is 7.85. The molecule has 0 unspecified atom stereocenters. The standard InChI is InChI=1S/C25H33N3O5/c1-6-32-24-19(11-9-13-22(24)31-5)15-26-28-25(30)20(14-17(2)3)27-23(29)16-33-21-12-8-7-10-18(21)4/h7-13,15,17,20H,6,14,16H2,1-5H3,(H,27,29)(H,28,30)/b26-15-/t20-/m0/s1. The van der Waals surface area contributed by atoms with E-state index in [1.54, 1.807) is 31.4 Å². The van der Waals surface area contributed by atoms with Crippen LogP contribution in [0.1, 0.15) is 38.3 Å². The fourth-order valence-corrected chi connectivity index (χ4v) is 3.14. The van der Waals surface area contributed by atoms with E-state index in [9.17, 15) is 9.59 Å². The van der Waals surface area contributed by atoms with E-state index in [-0.39, 0.29) is 18.4 Å². The lowest BCUT2D eigenvalue weighted by atomic mass is 10.0. The number of nitrogens with one attached hydrogen (secondary N) is 2. The molecule has 0 spiro atoms. The zero-order valence-electron chi connectivity index (χ0n) is 19.9. The van der Waals surface area contributed by atoms with Gasteiger partial charge in [-0.25, -0.2) is 5.43 Å². The molecule has 2 aromatic carbocycles. The van der Waals surface area contributed by atoms with Crippen LogP contribution >= 0.6 is 0 Å². The average Bonchev–Trinajstić information content (AvgIpc) is 2.78. The predicted molar refractivity (Wildman–Crippen MR) is 128 cm³/mol. The number of hydrazone groups is 1. The van der Waals surface area contributed by atoms with E-state index in [1.807, 2.05) is 45.9 Å². The van der Waals surface area contributed by atoms with Gasteiger partial charge in [0.05, 0.1) is 19.9 Å². The Morgan fingerprint density at radius 2 is 1.79 bits per heavy atom. The normalized spacial score (nSPS) is 11.8. The Morgan fingerprint density at radius 3 is 2.45 bits per heavy atom. The van der Waals surface area contributed by atoms with Gasteiger partial charge in [-0.3, -0.25) is 9.59 Å². The molecule has 0 aliphatic heterocycles. The molecule has 0 saturated heterocycles. The summed E-state index contributed by atoms with van der Waals surface area (Å²) in [6.07, 6.45) is 1.95. The zero-order valence-corrected chi connectivity index (χ0v) is 19.9. The molecule has 0 saturated carbocycles. The van der Waals surface area contributed by atoms with E-state index in [4.69, 9.17) is 14.2 Å². The second kappa shape index (κ2) is 13.1. The SMILES string of the molecule is CCOc1c(/C=N\NC(=O)[C@H](CC(C)C)NC(=O)COc2ccccc2C)cccc1OC. The molecule has 0 fully saturated rings. The Kier molecular flexibility index (Phi) is 10.2. The van der Waals surface area contributed by atoms with Gasteiger partial charge in [0.15, 0.2) is 18.1 Å². The number of hydrogen-bond donors (Lipinski definition) is 2. The largest absolute Gasteiger partial charge is 0.493 e. The second-order valence-corrected chi connectivity index (χ2v) is 7.85. The van der Waals surface area contributed by atoms with Crippen LogP contribution in [0.5, 0.6) is 17.2 Å². The van der Waals surface area contributed by atoms with Gasteiger partial charge in [0, 0.05) is 5.56 Å². The van der Waals surface area contributed by atoms with Gasteiger partial charge in [0.1, 0.15) is 11.8 Å². The smallest absolute Gasteiger partial charge is 0.262 e. The number of benzene rings is 2. The van der Waals surface area contributed by atoms with Crippen molar-refractivity contribution in [2.24, 2.45) is 11.0 Å². The van der Waals surface area contributed by atoms with Crippen LogP contribution in [0.3, 0.4) is 0 Å². The Labute approximate surface area is 195 Å². The first-order valence-corrected chi connectivity index (χ1v) is 11.0. The van der Waals surface area contributed by atoms with Crippen molar-refractivity contribution in [1.82, 2.24) is 10.7 Å². The summed E-state index contributed by atoms with van der Waals surface area (Å²) in [6, 6.07) is 12.1. The van der Waals surface area contributed by atoms with Crippen molar-refractivity contribution in [3.05, 3.63) is 53.6 Å². The van der Waals surface area contributed by atoms with Crippen LogP contribution in [0.2, 0.25) is 0 Å². The summed E-state index contributed by atoms with van der Waals surface area (Å²) in [5, 5.41) is 6.80. The van der Waals surface area contributed by atoms with Crippen molar-refractivity contribution < 1.29 is 23.8 Å². The van der Waals surface area contributed by atoms with Crippen molar-refractivity contribution in [3.63, 3.8) is 0 Å². The number of nitrogens with zero attached hydrogens (tertiary/aromatic N) is 1. The Morgan fingerprint density at radius 1 is 1.06 bits per heavy atom. The monoisotopic (exact) mass is 455 g/mol. The van der Waals surface area contributed by atoms with Crippen LogP contribution in [0, 0.1) is 12.8 Å². The van der Waals surface area contributed by atoms with Crippen molar-refractivity contribution in [2.45, 2.75) is 40.2 Å². The summed E-state index contributed by atoms with van der Waals surface area (Å²) >= 11 is 0. The van der Waals surface area contributed by atoms with Gasteiger partial charge in [0.2, 0.25) is 0 Å². The number of rotatable bonds is 12. The molecule has 0 heterocycles. The molecule has 0 aromatic heterocycles. The molecule has 0 bridgehead atoms. The highest BCUT2D eigenvalue weighted by Gasteiger charge is 2.22. The van der Waals surface area contributed by atoms with Gasteiger partial charge >= 0.3 is 0 Å². The number of carbonyl (C=O) groups is 2. The van der Waals surface area contributed by atoms with Crippen molar-refractivity contribution >= 4 is 18.0 Å². The third-order valence-electron chi connectivity index (χ3n) is 4.71. The topological polar surface area (TPSA) is 98.2 Å². The Bertz CT molecular complexity index is 959. The van der Waals surface area contributed by atoms with Crippen LogP contribution in [0.4, 0.5) is 0 Å². The Hall–Kier alpha value is -3.55. The third kappa shape index (κ3) is 8.14. The van der Waals surface area contributed by atoms with Crippen LogP contribution in [0.15, 0.2) is 47.6 Å². The van der Waals surface area contributed by atoms with Crippen molar-refractivity contribution in [1.29, 1.82) is 0 Å². The molecule has 8 heteroatoms. The van der Waals surface area contributed by atoms with E-state index in [1.165, 1.54) is 6.21 Å². The summed E-state index contributed by atoms with van der Waals surface area (Å²) in [5.74, 6) is 1.14.